The number of amides is 1. The van der Waals surface area contributed by atoms with Crippen molar-refractivity contribution in [3.63, 3.8) is 0 Å². The van der Waals surface area contributed by atoms with E-state index in [1.165, 1.54) is 32.1 Å². The lowest BCUT2D eigenvalue weighted by molar-refractivity contribution is -0.119. The molecule has 0 spiro atoms. The molecule has 2 rings (SSSR count). The molecule has 0 radical (unpaired) electrons. The molecule has 0 atom stereocenters. The topological polar surface area (TPSA) is 53.5 Å². The summed E-state index contributed by atoms with van der Waals surface area (Å²) in [6.45, 7) is 2.62. The van der Waals surface area contributed by atoms with Crippen LogP contribution in [0.3, 0.4) is 0 Å². The van der Waals surface area contributed by atoms with Gasteiger partial charge in [-0.25, -0.2) is 0 Å². The van der Waals surface area contributed by atoms with Crippen molar-refractivity contribution in [1.29, 1.82) is 0 Å². The average molecular weight is 237 g/mol. The molecule has 1 aliphatic carbocycles. The first-order valence-corrected chi connectivity index (χ1v) is 6.91. The number of hydrogen-bond donors (Lipinski definition) is 2. The van der Waals surface area contributed by atoms with Gasteiger partial charge in [-0.3, -0.25) is 9.79 Å². The fourth-order valence-corrected chi connectivity index (χ4v) is 2.61. The van der Waals surface area contributed by atoms with Gasteiger partial charge in [0.25, 0.3) is 0 Å². The highest BCUT2D eigenvalue weighted by molar-refractivity contribution is 5.99. The minimum absolute atomic E-state index is 0.137. The van der Waals surface area contributed by atoms with Gasteiger partial charge in [0.05, 0.1) is 6.54 Å². The van der Waals surface area contributed by atoms with E-state index in [-0.39, 0.29) is 5.91 Å². The minimum atomic E-state index is 0.137. The van der Waals surface area contributed by atoms with Crippen LogP contribution in [0.4, 0.5) is 0 Å². The summed E-state index contributed by atoms with van der Waals surface area (Å²) in [5, 5.41) is 6.35. The number of carbonyl (C=O) groups is 1. The smallest absolute Gasteiger partial charge is 0.225 e. The maximum atomic E-state index is 11.7. The molecule has 2 aliphatic rings. The molecule has 96 valence electrons. The van der Waals surface area contributed by atoms with Crippen molar-refractivity contribution < 1.29 is 4.79 Å². The molecule has 0 saturated heterocycles. The quantitative estimate of drug-likeness (QED) is 0.725. The Labute approximate surface area is 103 Å². The lowest BCUT2D eigenvalue weighted by atomic mass is 9.88. The zero-order valence-electron chi connectivity index (χ0n) is 10.5. The summed E-state index contributed by atoms with van der Waals surface area (Å²) in [5.41, 5.74) is 0. The van der Waals surface area contributed by atoms with Crippen molar-refractivity contribution >= 4 is 11.7 Å². The molecular weight excluding hydrogens is 214 g/mol. The Hall–Kier alpha value is -0.900. The van der Waals surface area contributed by atoms with Crippen LogP contribution >= 0.6 is 0 Å². The number of aliphatic imine (C=N–C) groups is 1. The third-order valence-corrected chi connectivity index (χ3v) is 3.59. The van der Waals surface area contributed by atoms with Gasteiger partial charge in [-0.1, -0.05) is 19.3 Å². The molecule has 2 N–H and O–H groups in total. The first kappa shape index (κ1) is 12.6. The molecule has 1 saturated carbocycles. The van der Waals surface area contributed by atoms with Crippen LogP contribution in [0.15, 0.2) is 4.99 Å². The van der Waals surface area contributed by atoms with Gasteiger partial charge in [0, 0.05) is 18.9 Å². The molecule has 0 aromatic carbocycles. The highest BCUT2D eigenvalue weighted by Gasteiger charge is 2.20. The fraction of sp³-hybridized carbons (Fsp3) is 0.846. The van der Waals surface area contributed by atoms with Crippen molar-refractivity contribution in [3.05, 3.63) is 0 Å². The van der Waals surface area contributed by atoms with Gasteiger partial charge in [0.15, 0.2) is 0 Å². The van der Waals surface area contributed by atoms with Crippen molar-refractivity contribution in [2.45, 2.75) is 44.9 Å². The summed E-state index contributed by atoms with van der Waals surface area (Å²) in [6.07, 6.45) is 7.79. The summed E-state index contributed by atoms with van der Waals surface area (Å²) in [5.74, 6) is 1.59. The monoisotopic (exact) mass is 237 g/mol. The number of rotatable bonds is 1. The van der Waals surface area contributed by atoms with Crippen LogP contribution in [0.25, 0.3) is 0 Å². The number of hydrogen-bond acceptors (Lipinski definition) is 3. The van der Waals surface area contributed by atoms with Crippen LogP contribution in [-0.2, 0) is 4.79 Å². The van der Waals surface area contributed by atoms with Crippen molar-refractivity contribution in [1.82, 2.24) is 10.6 Å². The zero-order chi connectivity index (χ0) is 11.9. The third kappa shape index (κ3) is 4.11. The minimum Gasteiger partial charge on any atom is -0.315 e. The lowest BCUT2D eigenvalue weighted by Crippen LogP contribution is -2.38. The molecule has 17 heavy (non-hydrogen) atoms. The van der Waals surface area contributed by atoms with E-state index >= 15 is 0 Å². The SMILES string of the molecule is O=C1CCCNCCN=C(C2CCCCC2)N1. The Balaban J connectivity index is 1.98. The Morgan fingerprint density at radius 2 is 1.88 bits per heavy atom. The molecule has 0 unspecified atom stereocenters. The number of nitrogens with one attached hydrogen (secondary N) is 2. The number of nitrogens with zero attached hydrogens (tertiary/aromatic N) is 1. The van der Waals surface area contributed by atoms with E-state index in [9.17, 15) is 4.79 Å². The van der Waals surface area contributed by atoms with Gasteiger partial charge in [0.2, 0.25) is 5.91 Å². The molecular formula is C13H23N3O. The van der Waals surface area contributed by atoms with E-state index in [0.717, 1.165) is 31.9 Å². The van der Waals surface area contributed by atoms with Gasteiger partial charge in [-0.2, -0.15) is 0 Å². The molecule has 4 nitrogen and oxygen atoms in total. The molecule has 1 heterocycles. The average Bonchev–Trinajstić information content (AvgIpc) is 2.38. The molecule has 0 bridgehead atoms. The Bertz CT molecular complexity index is 282. The maximum Gasteiger partial charge on any atom is 0.225 e. The van der Waals surface area contributed by atoms with Crippen LogP contribution in [0.1, 0.15) is 44.9 Å². The molecule has 4 heteroatoms. The third-order valence-electron chi connectivity index (χ3n) is 3.59. The van der Waals surface area contributed by atoms with Gasteiger partial charge < -0.3 is 10.6 Å². The second-order valence-electron chi connectivity index (χ2n) is 5.00. The van der Waals surface area contributed by atoms with Gasteiger partial charge >= 0.3 is 0 Å². The van der Waals surface area contributed by atoms with E-state index in [1.807, 2.05) is 0 Å². The molecule has 1 fully saturated rings. The molecule has 1 aliphatic heterocycles. The summed E-state index contributed by atoms with van der Waals surface area (Å²) >= 11 is 0. The van der Waals surface area contributed by atoms with Crippen molar-refractivity contribution in [2.24, 2.45) is 10.9 Å². The van der Waals surface area contributed by atoms with E-state index in [2.05, 4.69) is 15.6 Å². The highest BCUT2D eigenvalue weighted by atomic mass is 16.1. The highest BCUT2D eigenvalue weighted by Crippen LogP contribution is 2.24. The lowest BCUT2D eigenvalue weighted by Gasteiger charge is -2.24. The van der Waals surface area contributed by atoms with Crippen LogP contribution in [-0.4, -0.2) is 31.4 Å². The van der Waals surface area contributed by atoms with Gasteiger partial charge in [-0.15, -0.1) is 0 Å². The Morgan fingerprint density at radius 3 is 2.71 bits per heavy atom. The van der Waals surface area contributed by atoms with Gasteiger partial charge in [-0.05, 0) is 25.8 Å². The van der Waals surface area contributed by atoms with Crippen LogP contribution in [0, 0.1) is 5.92 Å². The number of amidine groups is 1. The van der Waals surface area contributed by atoms with Crippen LogP contribution in [0.5, 0.6) is 0 Å². The largest absolute Gasteiger partial charge is 0.315 e. The molecule has 1 amide bonds. The van der Waals surface area contributed by atoms with Crippen molar-refractivity contribution in [2.75, 3.05) is 19.6 Å². The predicted octanol–water partition coefficient (Wildman–Crippen LogP) is 1.46. The molecule has 0 aromatic rings. The summed E-state index contributed by atoms with van der Waals surface area (Å²) in [6, 6.07) is 0. The van der Waals surface area contributed by atoms with E-state index in [0.29, 0.717) is 12.3 Å². The van der Waals surface area contributed by atoms with E-state index in [1.54, 1.807) is 0 Å². The summed E-state index contributed by atoms with van der Waals surface area (Å²) in [7, 11) is 0. The molecule has 0 aromatic heterocycles. The Kier molecular flexibility index (Phi) is 4.98. The summed E-state index contributed by atoms with van der Waals surface area (Å²) in [4.78, 5) is 16.3. The van der Waals surface area contributed by atoms with Crippen LogP contribution in [0.2, 0.25) is 0 Å². The Morgan fingerprint density at radius 1 is 1.06 bits per heavy atom. The first-order valence-electron chi connectivity index (χ1n) is 6.91. The maximum absolute atomic E-state index is 11.7. The zero-order valence-corrected chi connectivity index (χ0v) is 10.5. The number of carbonyl (C=O) groups excluding carboxylic acids is 1. The first-order chi connectivity index (χ1) is 8.36. The standard InChI is InChI=1S/C13H23N3O/c17-12-7-4-8-14-9-10-15-13(16-12)11-5-2-1-3-6-11/h11,14H,1-10H2,(H,15,16,17). The second-order valence-corrected chi connectivity index (χ2v) is 5.00. The van der Waals surface area contributed by atoms with E-state index in [4.69, 9.17) is 0 Å². The van der Waals surface area contributed by atoms with Crippen LogP contribution < -0.4 is 10.6 Å². The van der Waals surface area contributed by atoms with Crippen molar-refractivity contribution in [3.8, 4) is 0 Å². The normalized spacial score (nSPS) is 24.9. The predicted molar refractivity (Wildman–Crippen MR) is 69.1 cm³/mol. The second kappa shape index (κ2) is 6.74. The van der Waals surface area contributed by atoms with Gasteiger partial charge in [0.1, 0.15) is 5.84 Å². The van der Waals surface area contributed by atoms with E-state index < -0.39 is 0 Å². The fourth-order valence-electron chi connectivity index (χ4n) is 2.61. The summed E-state index contributed by atoms with van der Waals surface area (Å²) < 4.78 is 0.